The molecule has 0 spiro atoms. The van der Waals surface area contributed by atoms with E-state index in [1.165, 1.54) is 13.2 Å². The third kappa shape index (κ3) is 2.93. The summed E-state index contributed by atoms with van der Waals surface area (Å²) in [6.07, 6.45) is 0.885. The Bertz CT molecular complexity index is 551. The fraction of sp³-hybridized carbons (Fsp3) is 0.250. The molecule has 1 atom stereocenters. The normalized spacial score (nSPS) is 12.2. The average molecular weight is 259 g/mol. The Morgan fingerprint density at radius 2 is 1.84 bits per heavy atom. The zero-order valence-corrected chi connectivity index (χ0v) is 11.2. The molecular weight excluding hydrogens is 241 g/mol. The van der Waals surface area contributed by atoms with Gasteiger partial charge in [0.2, 0.25) is 0 Å². The molecule has 1 unspecified atom stereocenters. The minimum Gasteiger partial charge on any atom is -0.497 e. The van der Waals surface area contributed by atoms with Crippen LogP contribution in [0.1, 0.15) is 24.9 Å². The third-order valence-corrected chi connectivity index (χ3v) is 3.27. The van der Waals surface area contributed by atoms with E-state index < -0.39 is 0 Å². The lowest BCUT2D eigenvalue weighted by molar-refractivity contribution is 0.411. The third-order valence-electron chi connectivity index (χ3n) is 3.27. The molecule has 2 N–H and O–H groups in total. The van der Waals surface area contributed by atoms with E-state index in [-0.39, 0.29) is 11.9 Å². The van der Waals surface area contributed by atoms with Crippen LogP contribution >= 0.6 is 0 Å². The second-order valence-electron chi connectivity index (χ2n) is 4.48. The maximum atomic E-state index is 13.9. The SMILES string of the molecule is CCC(N)c1ccc(-c2ccc(OC)cc2F)cc1. The van der Waals surface area contributed by atoms with Crippen LogP contribution in [0.3, 0.4) is 0 Å². The summed E-state index contributed by atoms with van der Waals surface area (Å²) in [5.74, 6) is 0.234. The predicted molar refractivity (Wildman–Crippen MR) is 75.6 cm³/mol. The van der Waals surface area contributed by atoms with Crippen LogP contribution < -0.4 is 10.5 Å². The Morgan fingerprint density at radius 3 is 2.37 bits per heavy atom. The largest absolute Gasteiger partial charge is 0.497 e. The number of halogens is 1. The number of methoxy groups -OCH3 is 1. The first-order chi connectivity index (χ1) is 9.15. The Morgan fingerprint density at radius 1 is 1.16 bits per heavy atom. The van der Waals surface area contributed by atoms with Crippen molar-refractivity contribution in [1.82, 2.24) is 0 Å². The van der Waals surface area contributed by atoms with Crippen molar-refractivity contribution in [3.63, 3.8) is 0 Å². The number of hydrogen-bond acceptors (Lipinski definition) is 2. The molecule has 2 rings (SSSR count). The maximum Gasteiger partial charge on any atom is 0.134 e. The molecule has 2 aromatic carbocycles. The summed E-state index contributed by atoms with van der Waals surface area (Å²) in [7, 11) is 1.52. The molecule has 3 heteroatoms. The lowest BCUT2D eigenvalue weighted by Crippen LogP contribution is -2.08. The van der Waals surface area contributed by atoms with Gasteiger partial charge in [-0.2, -0.15) is 0 Å². The number of ether oxygens (including phenoxy) is 1. The lowest BCUT2D eigenvalue weighted by atomic mass is 9.99. The van der Waals surface area contributed by atoms with Crippen molar-refractivity contribution in [3.8, 4) is 16.9 Å². The van der Waals surface area contributed by atoms with Gasteiger partial charge in [-0.05, 0) is 29.7 Å². The Kier molecular flexibility index (Phi) is 4.17. The molecule has 100 valence electrons. The van der Waals surface area contributed by atoms with Gasteiger partial charge in [-0.3, -0.25) is 0 Å². The molecule has 0 aliphatic carbocycles. The first-order valence-electron chi connectivity index (χ1n) is 6.35. The van der Waals surface area contributed by atoms with Crippen LogP contribution in [0, 0.1) is 5.82 Å². The van der Waals surface area contributed by atoms with Gasteiger partial charge >= 0.3 is 0 Å². The number of hydrogen-bond donors (Lipinski definition) is 1. The van der Waals surface area contributed by atoms with E-state index in [2.05, 4.69) is 0 Å². The van der Waals surface area contributed by atoms with Gasteiger partial charge in [0.1, 0.15) is 11.6 Å². The van der Waals surface area contributed by atoms with Crippen molar-refractivity contribution in [2.45, 2.75) is 19.4 Å². The molecule has 0 saturated carbocycles. The molecule has 2 nitrogen and oxygen atoms in total. The quantitative estimate of drug-likeness (QED) is 0.903. The van der Waals surface area contributed by atoms with Crippen molar-refractivity contribution in [2.75, 3.05) is 7.11 Å². The van der Waals surface area contributed by atoms with Crippen molar-refractivity contribution in [2.24, 2.45) is 5.73 Å². The number of benzene rings is 2. The fourth-order valence-electron chi connectivity index (χ4n) is 2.00. The highest BCUT2D eigenvalue weighted by Gasteiger charge is 2.08. The molecule has 0 fully saturated rings. The average Bonchev–Trinajstić information content (AvgIpc) is 2.46. The van der Waals surface area contributed by atoms with Crippen molar-refractivity contribution < 1.29 is 9.13 Å². The van der Waals surface area contributed by atoms with E-state index >= 15 is 0 Å². The van der Waals surface area contributed by atoms with Gasteiger partial charge in [0, 0.05) is 17.7 Å². The summed E-state index contributed by atoms with van der Waals surface area (Å²) >= 11 is 0. The summed E-state index contributed by atoms with van der Waals surface area (Å²) < 4.78 is 18.9. The Hall–Kier alpha value is -1.87. The van der Waals surface area contributed by atoms with E-state index in [0.29, 0.717) is 11.3 Å². The number of nitrogens with two attached hydrogens (primary N) is 1. The summed E-state index contributed by atoms with van der Waals surface area (Å²) in [6.45, 7) is 2.04. The van der Waals surface area contributed by atoms with Gasteiger partial charge in [-0.25, -0.2) is 4.39 Å². The van der Waals surface area contributed by atoms with E-state index in [1.807, 2.05) is 31.2 Å². The first kappa shape index (κ1) is 13.6. The van der Waals surface area contributed by atoms with Gasteiger partial charge in [-0.1, -0.05) is 31.2 Å². The van der Waals surface area contributed by atoms with Crippen LogP contribution in [0.5, 0.6) is 5.75 Å². The Balaban J connectivity index is 2.32. The van der Waals surface area contributed by atoms with Crippen LogP contribution in [0.25, 0.3) is 11.1 Å². The highest BCUT2D eigenvalue weighted by Crippen LogP contribution is 2.27. The smallest absolute Gasteiger partial charge is 0.134 e. The molecule has 0 bridgehead atoms. The number of rotatable bonds is 4. The summed E-state index contributed by atoms with van der Waals surface area (Å²) in [5, 5.41) is 0. The minimum absolute atomic E-state index is 0.0368. The monoisotopic (exact) mass is 259 g/mol. The molecule has 2 aromatic rings. The van der Waals surface area contributed by atoms with E-state index in [4.69, 9.17) is 10.5 Å². The zero-order chi connectivity index (χ0) is 13.8. The molecule has 0 saturated heterocycles. The highest BCUT2D eigenvalue weighted by molar-refractivity contribution is 5.65. The van der Waals surface area contributed by atoms with Gasteiger partial charge in [0.05, 0.1) is 7.11 Å². The summed E-state index contributed by atoms with van der Waals surface area (Å²) in [4.78, 5) is 0. The fourth-order valence-corrected chi connectivity index (χ4v) is 2.00. The second-order valence-corrected chi connectivity index (χ2v) is 4.48. The minimum atomic E-state index is -0.285. The van der Waals surface area contributed by atoms with Gasteiger partial charge < -0.3 is 10.5 Å². The lowest BCUT2D eigenvalue weighted by Gasteiger charge is -2.11. The zero-order valence-electron chi connectivity index (χ0n) is 11.2. The molecule has 0 radical (unpaired) electrons. The standard InChI is InChI=1S/C16H18FNO/c1-3-16(18)12-6-4-11(5-7-12)14-9-8-13(19-2)10-15(14)17/h4-10,16H,3,18H2,1-2H3. The highest BCUT2D eigenvalue weighted by atomic mass is 19.1. The van der Waals surface area contributed by atoms with E-state index in [0.717, 1.165) is 17.5 Å². The molecule has 0 heterocycles. The van der Waals surface area contributed by atoms with Crippen LogP contribution in [0.4, 0.5) is 4.39 Å². The maximum absolute atomic E-state index is 13.9. The van der Waals surface area contributed by atoms with E-state index in [9.17, 15) is 4.39 Å². The summed E-state index contributed by atoms with van der Waals surface area (Å²) in [6, 6.07) is 12.6. The van der Waals surface area contributed by atoms with Crippen LogP contribution in [0.15, 0.2) is 42.5 Å². The Labute approximate surface area is 113 Å². The molecule has 0 aromatic heterocycles. The van der Waals surface area contributed by atoms with Gasteiger partial charge in [0.25, 0.3) is 0 Å². The van der Waals surface area contributed by atoms with Gasteiger partial charge in [0.15, 0.2) is 0 Å². The van der Waals surface area contributed by atoms with Crippen LogP contribution in [-0.4, -0.2) is 7.11 Å². The van der Waals surface area contributed by atoms with Crippen LogP contribution in [0.2, 0.25) is 0 Å². The van der Waals surface area contributed by atoms with Crippen LogP contribution in [-0.2, 0) is 0 Å². The van der Waals surface area contributed by atoms with Gasteiger partial charge in [-0.15, -0.1) is 0 Å². The first-order valence-corrected chi connectivity index (χ1v) is 6.35. The van der Waals surface area contributed by atoms with Crippen molar-refractivity contribution in [3.05, 3.63) is 53.8 Å². The molecule has 0 amide bonds. The predicted octanol–water partition coefficient (Wildman–Crippen LogP) is 3.91. The van der Waals surface area contributed by atoms with Crippen molar-refractivity contribution >= 4 is 0 Å². The molecular formula is C16H18FNO. The molecule has 0 aliphatic heterocycles. The summed E-state index contributed by atoms with van der Waals surface area (Å²) in [5.41, 5.74) is 8.44. The topological polar surface area (TPSA) is 35.2 Å². The van der Waals surface area contributed by atoms with E-state index in [1.54, 1.807) is 12.1 Å². The van der Waals surface area contributed by atoms with Crippen molar-refractivity contribution in [1.29, 1.82) is 0 Å². The molecule has 19 heavy (non-hydrogen) atoms. The molecule has 0 aliphatic rings. The second kappa shape index (κ2) is 5.85.